The maximum absolute atomic E-state index is 13.4. The van der Waals surface area contributed by atoms with E-state index in [0.29, 0.717) is 15.8 Å². The van der Waals surface area contributed by atoms with E-state index in [1.165, 1.54) is 6.07 Å². The molecule has 0 aromatic heterocycles. The molecule has 0 heterocycles. The van der Waals surface area contributed by atoms with Crippen LogP contribution in [0.25, 0.3) is 0 Å². The minimum atomic E-state index is -0.452. The van der Waals surface area contributed by atoms with E-state index in [0.717, 1.165) is 5.56 Å². The van der Waals surface area contributed by atoms with Crippen molar-refractivity contribution in [2.24, 2.45) is 5.73 Å². The van der Waals surface area contributed by atoms with Crippen LogP contribution in [0.2, 0.25) is 10.0 Å². The van der Waals surface area contributed by atoms with E-state index in [1.807, 2.05) is 0 Å². The quantitative estimate of drug-likeness (QED) is 0.847. The van der Waals surface area contributed by atoms with Crippen molar-refractivity contribution in [2.75, 3.05) is 0 Å². The largest absolute Gasteiger partial charge is 0.489 e. The summed E-state index contributed by atoms with van der Waals surface area (Å²) in [5, 5.41) is 0.964. The first kappa shape index (κ1) is 15.0. The lowest BCUT2D eigenvalue weighted by atomic mass is 10.1. The zero-order valence-electron chi connectivity index (χ0n) is 10.2. The third-order valence-electron chi connectivity index (χ3n) is 2.54. The van der Waals surface area contributed by atoms with Gasteiger partial charge in [0.15, 0.2) is 0 Å². The summed E-state index contributed by atoms with van der Waals surface area (Å²) in [5.41, 5.74) is 6.39. The minimum Gasteiger partial charge on any atom is -0.489 e. The van der Waals surface area contributed by atoms with Crippen molar-refractivity contribution in [3.05, 3.63) is 63.4 Å². The predicted octanol–water partition coefficient (Wildman–Crippen LogP) is 4.35. The van der Waals surface area contributed by atoms with Crippen molar-refractivity contribution < 1.29 is 9.13 Å². The fourth-order valence-corrected chi connectivity index (χ4v) is 2.29. The van der Waals surface area contributed by atoms with Crippen molar-refractivity contribution in [3.8, 4) is 5.75 Å². The fraction of sp³-hybridized carbons (Fsp3) is 0.0714. The van der Waals surface area contributed by atoms with Crippen molar-refractivity contribution in [1.82, 2.24) is 0 Å². The van der Waals surface area contributed by atoms with Gasteiger partial charge < -0.3 is 10.5 Å². The van der Waals surface area contributed by atoms with Crippen molar-refractivity contribution >= 4 is 40.4 Å². The van der Waals surface area contributed by atoms with Crippen LogP contribution in [-0.4, -0.2) is 4.99 Å². The van der Waals surface area contributed by atoms with Gasteiger partial charge in [-0.05, 0) is 35.9 Å². The second-order valence-electron chi connectivity index (χ2n) is 4.07. The maximum atomic E-state index is 13.4. The molecule has 0 aliphatic heterocycles. The van der Waals surface area contributed by atoms with Crippen molar-refractivity contribution in [3.63, 3.8) is 0 Å². The number of halogens is 3. The number of benzene rings is 2. The Balaban J connectivity index is 2.14. The Bertz CT molecular complexity index is 643. The molecular formula is C14H10Cl2FNOS. The Morgan fingerprint density at radius 3 is 2.40 bits per heavy atom. The Labute approximate surface area is 131 Å². The normalized spacial score (nSPS) is 10.3. The van der Waals surface area contributed by atoms with Gasteiger partial charge >= 0.3 is 0 Å². The van der Waals surface area contributed by atoms with Crippen LogP contribution in [0.4, 0.5) is 4.39 Å². The molecule has 0 radical (unpaired) electrons. The molecule has 2 aromatic carbocycles. The Morgan fingerprint density at radius 1 is 1.15 bits per heavy atom. The van der Waals surface area contributed by atoms with E-state index in [4.69, 9.17) is 45.9 Å². The summed E-state index contributed by atoms with van der Waals surface area (Å²) in [5.74, 6) is 0.0794. The van der Waals surface area contributed by atoms with Gasteiger partial charge in [0.25, 0.3) is 0 Å². The lowest BCUT2D eigenvalue weighted by Crippen LogP contribution is -2.12. The lowest BCUT2D eigenvalue weighted by molar-refractivity contribution is 0.306. The molecule has 0 fully saturated rings. The van der Waals surface area contributed by atoms with E-state index in [9.17, 15) is 4.39 Å². The van der Waals surface area contributed by atoms with Gasteiger partial charge in [0.1, 0.15) is 23.2 Å². The summed E-state index contributed by atoms with van der Waals surface area (Å²) in [7, 11) is 0. The number of hydrogen-bond donors (Lipinski definition) is 1. The number of nitrogens with two attached hydrogens (primary N) is 1. The first-order chi connectivity index (χ1) is 9.45. The van der Waals surface area contributed by atoms with Gasteiger partial charge in [-0.3, -0.25) is 0 Å². The molecule has 2 rings (SSSR count). The van der Waals surface area contributed by atoms with Crippen molar-refractivity contribution in [1.29, 1.82) is 0 Å². The average Bonchev–Trinajstić information content (AvgIpc) is 2.36. The number of thiocarbonyl (C=S) groups is 1. The van der Waals surface area contributed by atoms with Gasteiger partial charge in [-0.2, -0.15) is 0 Å². The molecule has 2 aromatic rings. The number of ether oxygens (including phenoxy) is 1. The SMILES string of the molecule is NC(=S)c1cc(COc2cc(Cl)cc(Cl)c2)ccc1F. The molecule has 0 atom stereocenters. The van der Waals surface area contributed by atoms with Gasteiger partial charge in [0, 0.05) is 15.6 Å². The topological polar surface area (TPSA) is 35.2 Å². The summed E-state index contributed by atoms with van der Waals surface area (Å²) < 4.78 is 19.0. The monoisotopic (exact) mass is 329 g/mol. The zero-order valence-corrected chi connectivity index (χ0v) is 12.5. The Morgan fingerprint density at radius 2 is 1.80 bits per heavy atom. The van der Waals surface area contributed by atoms with E-state index >= 15 is 0 Å². The summed E-state index contributed by atoms with van der Waals surface area (Å²) >= 11 is 16.5. The summed E-state index contributed by atoms with van der Waals surface area (Å²) in [6.45, 7) is 0.229. The molecule has 0 bridgehead atoms. The lowest BCUT2D eigenvalue weighted by Gasteiger charge is -2.09. The molecule has 6 heteroatoms. The molecule has 0 aliphatic carbocycles. The van der Waals surface area contributed by atoms with Gasteiger partial charge in [-0.25, -0.2) is 4.39 Å². The van der Waals surface area contributed by atoms with Crippen LogP contribution in [0.1, 0.15) is 11.1 Å². The minimum absolute atomic E-state index is 0.00940. The van der Waals surface area contributed by atoms with E-state index in [2.05, 4.69) is 0 Å². The molecule has 0 spiro atoms. The third kappa shape index (κ3) is 3.82. The maximum Gasteiger partial charge on any atom is 0.133 e. The van der Waals surface area contributed by atoms with Gasteiger partial charge in [0.05, 0.1) is 0 Å². The van der Waals surface area contributed by atoms with E-state index < -0.39 is 5.82 Å². The molecule has 104 valence electrons. The molecule has 20 heavy (non-hydrogen) atoms. The predicted molar refractivity (Wildman–Crippen MR) is 83.1 cm³/mol. The highest BCUT2D eigenvalue weighted by Crippen LogP contribution is 2.25. The van der Waals surface area contributed by atoms with Crippen LogP contribution < -0.4 is 10.5 Å². The fourth-order valence-electron chi connectivity index (χ4n) is 1.63. The van der Waals surface area contributed by atoms with Crippen LogP contribution in [0.5, 0.6) is 5.75 Å². The molecule has 0 amide bonds. The molecule has 2 nitrogen and oxygen atoms in total. The second kappa shape index (κ2) is 6.39. The van der Waals surface area contributed by atoms with Gasteiger partial charge in [-0.1, -0.05) is 41.5 Å². The Kier molecular flexibility index (Phi) is 4.81. The molecule has 2 N–H and O–H groups in total. The standard InChI is InChI=1S/C14H10Cl2FNOS/c15-9-4-10(16)6-11(5-9)19-7-8-1-2-13(17)12(3-8)14(18)20/h1-6H,7H2,(H2,18,20). The summed E-state index contributed by atoms with van der Waals surface area (Å²) in [6.07, 6.45) is 0. The molecular weight excluding hydrogens is 320 g/mol. The van der Waals surface area contributed by atoms with Crippen LogP contribution in [0.3, 0.4) is 0 Å². The van der Waals surface area contributed by atoms with Gasteiger partial charge in [-0.15, -0.1) is 0 Å². The smallest absolute Gasteiger partial charge is 0.133 e. The second-order valence-corrected chi connectivity index (χ2v) is 5.38. The molecule has 0 saturated carbocycles. The average molecular weight is 330 g/mol. The molecule has 0 unspecified atom stereocenters. The van der Waals surface area contributed by atoms with Crippen LogP contribution in [0.15, 0.2) is 36.4 Å². The van der Waals surface area contributed by atoms with Crippen LogP contribution >= 0.6 is 35.4 Å². The highest BCUT2D eigenvalue weighted by Gasteiger charge is 2.07. The number of rotatable bonds is 4. The van der Waals surface area contributed by atoms with Crippen LogP contribution in [0, 0.1) is 5.82 Å². The molecule has 0 saturated heterocycles. The number of hydrogen-bond acceptors (Lipinski definition) is 2. The van der Waals surface area contributed by atoms with E-state index in [1.54, 1.807) is 30.3 Å². The molecule has 0 aliphatic rings. The summed E-state index contributed by atoms with van der Waals surface area (Å²) in [6, 6.07) is 9.36. The summed E-state index contributed by atoms with van der Waals surface area (Å²) in [4.78, 5) is 0.00940. The first-order valence-corrected chi connectivity index (χ1v) is 6.79. The van der Waals surface area contributed by atoms with Gasteiger partial charge in [0.2, 0.25) is 0 Å². The zero-order chi connectivity index (χ0) is 14.7. The van der Waals surface area contributed by atoms with Crippen molar-refractivity contribution in [2.45, 2.75) is 6.61 Å². The Hall–Kier alpha value is -1.36. The third-order valence-corrected chi connectivity index (χ3v) is 3.19. The van der Waals surface area contributed by atoms with E-state index in [-0.39, 0.29) is 17.2 Å². The van der Waals surface area contributed by atoms with Crippen LogP contribution in [-0.2, 0) is 6.61 Å². The first-order valence-electron chi connectivity index (χ1n) is 5.63. The highest BCUT2D eigenvalue weighted by molar-refractivity contribution is 7.80. The highest BCUT2D eigenvalue weighted by atomic mass is 35.5.